The van der Waals surface area contributed by atoms with Gasteiger partial charge in [0, 0.05) is 6.54 Å². The van der Waals surface area contributed by atoms with Crippen LogP contribution in [0.2, 0.25) is 0 Å². The molecule has 0 saturated carbocycles. The van der Waals surface area contributed by atoms with Gasteiger partial charge in [-0.15, -0.1) is 0 Å². The van der Waals surface area contributed by atoms with Gasteiger partial charge in [-0.1, -0.05) is 42.5 Å². The third-order valence-corrected chi connectivity index (χ3v) is 3.23. The summed E-state index contributed by atoms with van der Waals surface area (Å²) in [5.41, 5.74) is 8.01. The van der Waals surface area contributed by atoms with E-state index in [9.17, 15) is 0 Å². The highest BCUT2D eigenvalue weighted by atomic mass is 16.5. The lowest BCUT2D eigenvalue weighted by Gasteiger charge is -2.34. The summed E-state index contributed by atoms with van der Waals surface area (Å²) in [7, 11) is 0. The molecule has 2 unspecified atom stereocenters. The van der Waals surface area contributed by atoms with Crippen LogP contribution >= 0.6 is 0 Å². The topological polar surface area (TPSA) is 47.3 Å². The molecule has 18 heavy (non-hydrogen) atoms. The van der Waals surface area contributed by atoms with Crippen LogP contribution in [-0.2, 0) is 0 Å². The summed E-state index contributed by atoms with van der Waals surface area (Å²) in [6.45, 7) is 0.536. The number of benzene rings is 2. The average molecular weight is 240 g/mol. The molecule has 3 nitrogen and oxygen atoms in total. The summed E-state index contributed by atoms with van der Waals surface area (Å²) in [6, 6.07) is 18.2. The number of para-hydroxylation sites is 2. The van der Waals surface area contributed by atoms with Crippen LogP contribution in [0.3, 0.4) is 0 Å². The second-order valence-electron chi connectivity index (χ2n) is 4.43. The highest BCUT2D eigenvalue weighted by Gasteiger charge is 2.29. The minimum atomic E-state index is -0.0360. The Bertz CT molecular complexity index is 527. The first kappa shape index (κ1) is 11.1. The summed E-state index contributed by atoms with van der Waals surface area (Å²) in [5, 5.41) is 3.45. The second kappa shape index (κ2) is 4.70. The molecule has 3 heteroatoms. The van der Waals surface area contributed by atoms with Crippen molar-refractivity contribution in [3.63, 3.8) is 0 Å². The molecule has 1 aliphatic rings. The highest BCUT2D eigenvalue weighted by Crippen LogP contribution is 2.36. The van der Waals surface area contributed by atoms with Gasteiger partial charge in [0.2, 0.25) is 0 Å². The third kappa shape index (κ3) is 1.93. The summed E-state index contributed by atoms with van der Waals surface area (Å²) < 4.78 is 6.08. The zero-order chi connectivity index (χ0) is 12.4. The maximum absolute atomic E-state index is 6.08. The first-order valence-electron chi connectivity index (χ1n) is 6.16. The minimum absolute atomic E-state index is 0.0360. The largest absolute Gasteiger partial charge is 0.481 e. The van der Waals surface area contributed by atoms with Crippen LogP contribution in [0.4, 0.5) is 5.69 Å². The fourth-order valence-electron chi connectivity index (χ4n) is 2.31. The lowest BCUT2D eigenvalue weighted by atomic mass is 10.00. The number of hydrogen-bond acceptors (Lipinski definition) is 3. The van der Waals surface area contributed by atoms with Crippen LogP contribution in [0.5, 0.6) is 5.75 Å². The quantitative estimate of drug-likeness (QED) is 0.848. The van der Waals surface area contributed by atoms with Crippen molar-refractivity contribution >= 4 is 5.69 Å². The molecule has 0 bridgehead atoms. The van der Waals surface area contributed by atoms with E-state index in [1.54, 1.807) is 0 Å². The van der Waals surface area contributed by atoms with Crippen LogP contribution in [0.1, 0.15) is 11.7 Å². The molecule has 0 saturated heterocycles. The zero-order valence-electron chi connectivity index (χ0n) is 10.0. The smallest absolute Gasteiger partial charge is 0.145 e. The van der Waals surface area contributed by atoms with Crippen molar-refractivity contribution in [3.8, 4) is 5.75 Å². The van der Waals surface area contributed by atoms with Crippen molar-refractivity contribution in [2.75, 3.05) is 11.9 Å². The van der Waals surface area contributed by atoms with Gasteiger partial charge in [-0.2, -0.15) is 0 Å². The van der Waals surface area contributed by atoms with E-state index in [2.05, 4.69) is 17.4 Å². The summed E-state index contributed by atoms with van der Waals surface area (Å²) in [4.78, 5) is 0. The van der Waals surface area contributed by atoms with Crippen molar-refractivity contribution < 1.29 is 4.74 Å². The van der Waals surface area contributed by atoms with Gasteiger partial charge < -0.3 is 15.8 Å². The molecular formula is C15H16N2O. The van der Waals surface area contributed by atoms with Crippen molar-refractivity contribution in [2.24, 2.45) is 5.73 Å². The van der Waals surface area contributed by atoms with Crippen molar-refractivity contribution in [1.82, 2.24) is 0 Å². The molecule has 92 valence electrons. The summed E-state index contributed by atoms with van der Waals surface area (Å²) in [6.07, 6.45) is -0.0360. The van der Waals surface area contributed by atoms with E-state index in [4.69, 9.17) is 10.5 Å². The van der Waals surface area contributed by atoms with E-state index >= 15 is 0 Å². The third-order valence-electron chi connectivity index (χ3n) is 3.23. The Kier molecular flexibility index (Phi) is 2.90. The van der Waals surface area contributed by atoms with E-state index in [-0.39, 0.29) is 12.1 Å². The fraction of sp³-hybridized carbons (Fsp3) is 0.200. The van der Waals surface area contributed by atoms with Gasteiger partial charge in [-0.3, -0.25) is 0 Å². The monoisotopic (exact) mass is 240 g/mol. The number of rotatable bonds is 2. The molecule has 2 aromatic carbocycles. The maximum atomic E-state index is 6.08. The second-order valence-corrected chi connectivity index (χ2v) is 4.43. The molecule has 1 heterocycles. The lowest BCUT2D eigenvalue weighted by molar-refractivity contribution is 0.173. The minimum Gasteiger partial charge on any atom is -0.481 e. The number of nitrogens with one attached hydrogen (secondary N) is 1. The van der Waals surface area contributed by atoms with Gasteiger partial charge >= 0.3 is 0 Å². The Balaban J connectivity index is 1.96. The molecular weight excluding hydrogens is 224 g/mol. The predicted molar refractivity (Wildman–Crippen MR) is 72.7 cm³/mol. The SMILES string of the molecule is NCC1Nc2ccccc2OC1c1ccccc1. The van der Waals surface area contributed by atoms with E-state index < -0.39 is 0 Å². The molecule has 3 rings (SSSR count). The average Bonchev–Trinajstić information content (AvgIpc) is 2.46. The lowest BCUT2D eigenvalue weighted by Crippen LogP contribution is -2.40. The number of nitrogens with two attached hydrogens (primary N) is 1. The van der Waals surface area contributed by atoms with Crippen LogP contribution in [-0.4, -0.2) is 12.6 Å². The molecule has 0 amide bonds. The van der Waals surface area contributed by atoms with Crippen LogP contribution in [0.15, 0.2) is 54.6 Å². The number of hydrogen-bond donors (Lipinski definition) is 2. The molecule has 2 atom stereocenters. The van der Waals surface area contributed by atoms with Gasteiger partial charge in [-0.05, 0) is 17.7 Å². The molecule has 0 aliphatic carbocycles. The van der Waals surface area contributed by atoms with Gasteiger partial charge in [-0.25, -0.2) is 0 Å². The standard InChI is InChI=1S/C15H16N2O/c16-10-13-15(11-6-2-1-3-7-11)18-14-9-5-4-8-12(14)17-13/h1-9,13,15,17H,10,16H2. The number of fused-ring (bicyclic) bond motifs is 1. The van der Waals surface area contributed by atoms with Gasteiger partial charge in [0.25, 0.3) is 0 Å². The van der Waals surface area contributed by atoms with Crippen molar-refractivity contribution in [3.05, 3.63) is 60.2 Å². The molecule has 1 aliphatic heterocycles. The summed E-state index contributed by atoms with van der Waals surface area (Å²) >= 11 is 0. The first-order chi connectivity index (χ1) is 8.88. The summed E-state index contributed by atoms with van der Waals surface area (Å²) in [5.74, 6) is 0.885. The van der Waals surface area contributed by atoms with E-state index in [1.165, 1.54) is 0 Å². The van der Waals surface area contributed by atoms with E-state index in [0.29, 0.717) is 6.54 Å². The van der Waals surface area contributed by atoms with Gasteiger partial charge in [0.1, 0.15) is 11.9 Å². The number of ether oxygens (including phenoxy) is 1. The maximum Gasteiger partial charge on any atom is 0.145 e. The normalized spacial score (nSPS) is 21.6. The van der Waals surface area contributed by atoms with Crippen molar-refractivity contribution in [2.45, 2.75) is 12.1 Å². The first-order valence-corrected chi connectivity index (χ1v) is 6.16. The molecule has 0 fully saturated rings. The Morgan fingerprint density at radius 2 is 1.72 bits per heavy atom. The predicted octanol–water partition coefficient (Wildman–Crippen LogP) is 2.56. The van der Waals surface area contributed by atoms with Crippen LogP contribution in [0, 0.1) is 0 Å². The zero-order valence-corrected chi connectivity index (χ0v) is 10.0. The Hall–Kier alpha value is -2.00. The van der Waals surface area contributed by atoms with Gasteiger partial charge in [0.15, 0.2) is 0 Å². The molecule has 2 aromatic rings. The molecule has 0 spiro atoms. The Morgan fingerprint density at radius 1 is 1.00 bits per heavy atom. The molecule has 3 N–H and O–H groups in total. The molecule has 0 radical (unpaired) electrons. The van der Waals surface area contributed by atoms with Gasteiger partial charge in [0.05, 0.1) is 11.7 Å². The van der Waals surface area contributed by atoms with Crippen LogP contribution < -0.4 is 15.8 Å². The number of anilines is 1. The Morgan fingerprint density at radius 3 is 2.50 bits per heavy atom. The highest BCUT2D eigenvalue weighted by molar-refractivity contribution is 5.59. The fourth-order valence-corrected chi connectivity index (χ4v) is 2.31. The molecule has 0 aromatic heterocycles. The van der Waals surface area contributed by atoms with Crippen molar-refractivity contribution in [1.29, 1.82) is 0 Å². The van der Waals surface area contributed by atoms with Crippen LogP contribution in [0.25, 0.3) is 0 Å². The van der Waals surface area contributed by atoms with E-state index in [1.807, 2.05) is 42.5 Å². The Labute approximate surface area is 107 Å². The van der Waals surface area contributed by atoms with E-state index in [0.717, 1.165) is 17.0 Å².